The van der Waals surface area contributed by atoms with E-state index in [9.17, 15) is 14.7 Å². The van der Waals surface area contributed by atoms with Gasteiger partial charge in [-0.25, -0.2) is 9.78 Å². The first-order valence-electron chi connectivity index (χ1n) is 10.9. The molecule has 9 heteroatoms. The Labute approximate surface area is 202 Å². The molecule has 0 amide bonds. The van der Waals surface area contributed by atoms with E-state index >= 15 is 0 Å². The van der Waals surface area contributed by atoms with Crippen LogP contribution in [0, 0.1) is 0 Å². The second kappa shape index (κ2) is 8.21. The number of carbonyl (C=O) groups excluding carboxylic acids is 1. The van der Waals surface area contributed by atoms with Gasteiger partial charge in [-0.2, -0.15) is 0 Å². The molecule has 178 valence electrons. The van der Waals surface area contributed by atoms with E-state index in [4.69, 9.17) is 14.6 Å². The van der Waals surface area contributed by atoms with Gasteiger partial charge in [-0.15, -0.1) is 12.4 Å². The van der Waals surface area contributed by atoms with E-state index in [0.717, 1.165) is 22.0 Å². The molecule has 0 saturated heterocycles. The number of ether oxygens (including phenoxy) is 1. The number of hydrogen-bond acceptors (Lipinski definition) is 7. The van der Waals surface area contributed by atoms with Gasteiger partial charge in [-0.05, 0) is 39.3 Å². The standard InChI is InChI=1S/C25H25N3O5.ClH/c1-5-25(31)18-10-20-21-16(12-28(20)22(29)17(18)13-32-23(25)30)15(11-26-33-24(2,3)4)14-8-6-7-9-19(14)27-21;/h6-11,31H,5,12-13H2,1-4H3;1H. The second-order valence-corrected chi connectivity index (χ2v) is 9.41. The molecule has 0 spiro atoms. The molecule has 8 nitrogen and oxygen atoms in total. The molecule has 5 rings (SSSR count). The van der Waals surface area contributed by atoms with Crippen molar-refractivity contribution in [2.24, 2.45) is 5.16 Å². The van der Waals surface area contributed by atoms with E-state index in [-0.39, 0.29) is 31.0 Å². The third kappa shape index (κ3) is 3.58. The van der Waals surface area contributed by atoms with Crippen molar-refractivity contribution in [2.75, 3.05) is 0 Å². The van der Waals surface area contributed by atoms with Gasteiger partial charge in [0, 0.05) is 22.1 Å². The molecular weight excluding hydrogens is 458 g/mol. The van der Waals surface area contributed by atoms with Crippen molar-refractivity contribution in [2.45, 2.75) is 58.5 Å². The fourth-order valence-electron chi connectivity index (χ4n) is 4.44. The van der Waals surface area contributed by atoms with Crippen molar-refractivity contribution in [3.05, 3.63) is 62.9 Å². The Morgan fingerprint density at radius 2 is 2.00 bits per heavy atom. The van der Waals surface area contributed by atoms with Crippen molar-refractivity contribution in [3.8, 4) is 11.4 Å². The minimum absolute atomic E-state index is 0. The van der Waals surface area contributed by atoms with Gasteiger partial charge in [-0.3, -0.25) is 4.79 Å². The summed E-state index contributed by atoms with van der Waals surface area (Å²) in [6.07, 6.45) is 1.77. The lowest BCUT2D eigenvalue weighted by molar-refractivity contribution is -0.172. The van der Waals surface area contributed by atoms with Crippen LogP contribution < -0.4 is 5.56 Å². The van der Waals surface area contributed by atoms with Crippen LogP contribution in [0.4, 0.5) is 0 Å². The molecule has 2 aliphatic heterocycles. The summed E-state index contributed by atoms with van der Waals surface area (Å²) in [6.45, 7) is 7.57. The van der Waals surface area contributed by atoms with Crippen molar-refractivity contribution < 1.29 is 19.5 Å². The highest BCUT2D eigenvalue weighted by molar-refractivity contribution is 6.02. The molecule has 34 heavy (non-hydrogen) atoms. The Morgan fingerprint density at radius 3 is 2.71 bits per heavy atom. The van der Waals surface area contributed by atoms with Crippen LogP contribution in [0.2, 0.25) is 0 Å². The predicted octanol–water partition coefficient (Wildman–Crippen LogP) is 3.65. The van der Waals surface area contributed by atoms with Crippen LogP contribution in [-0.2, 0) is 33.1 Å². The van der Waals surface area contributed by atoms with E-state index in [1.165, 1.54) is 0 Å². The first-order chi connectivity index (χ1) is 15.6. The number of nitrogens with zero attached hydrogens (tertiary/aromatic N) is 3. The van der Waals surface area contributed by atoms with Crippen LogP contribution in [0.1, 0.15) is 56.4 Å². The highest BCUT2D eigenvalue weighted by Gasteiger charge is 2.45. The lowest BCUT2D eigenvalue weighted by Gasteiger charge is -2.31. The van der Waals surface area contributed by atoms with E-state index in [0.29, 0.717) is 29.1 Å². The van der Waals surface area contributed by atoms with Crippen LogP contribution >= 0.6 is 12.4 Å². The summed E-state index contributed by atoms with van der Waals surface area (Å²) in [5.74, 6) is -0.737. The fraction of sp³-hybridized carbons (Fsp3) is 0.360. The smallest absolute Gasteiger partial charge is 0.343 e. The summed E-state index contributed by atoms with van der Waals surface area (Å²) in [6, 6.07) is 9.39. The minimum Gasteiger partial charge on any atom is -0.458 e. The molecule has 1 atom stereocenters. The van der Waals surface area contributed by atoms with Crippen LogP contribution in [0.25, 0.3) is 22.3 Å². The van der Waals surface area contributed by atoms with Crippen molar-refractivity contribution in [1.29, 1.82) is 0 Å². The summed E-state index contributed by atoms with van der Waals surface area (Å²) in [5, 5.41) is 16.1. The Bertz CT molecular complexity index is 1410. The van der Waals surface area contributed by atoms with Crippen molar-refractivity contribution >= 4 is 35.5 Å². The highest BCUT2D eigenvalue weighted by Crippen LogP contribution is 2.39. The molecular formula is C25H26ClN3O5. The summed E-state index contributed by atoms with van der Waals surface area (Å²) in [7, 11) is 0. The number of benzene rings is 1. The molecule has 3 aromatic rings. The molecule has 1 unspecified atom stereocenters. The molecule has 2 aromatic heterocycles. The third-order valence-corrected chi connectivity index (χ3v) is 6.15. The largest absolute Gasteiger partial charge is 0.458 e. The molecule has 0 fully saturated rings. The average Bonchev–Trinajstić information content (AvgIpc) is 3.14. The zero-order valence-electron chi connectivity index (χ0n) is 19.4. The minimum atomic E-state index is -1.85. The van der Waals surface area contributed by atoms with Gasteiger partial charge in [-0.1, -0.05) is 30.3 Å². The van der Waals surface area contributed by atoms with Crippen LogP contribution in [0.5, 0.6) is 0 Å². The monoisotopic (exact) mass is 483 g/mol. The lowest BCUT2D eigenvalue weighted by atomic mass is 9.86. The first-order valence-corrected chi connectivity index (χ1v) is 10.9. The maximum atomic E-state index is 13.4. The molecule has 1 aromatic carbocycles. The van der Waals surface area contributed by atoms with E-state index in [1.807, 2.05) is 45.0 Å². The lowest BCUT2D eigenvalue weighted by Crippen LogP contribution is -2.44. The molecule has 4 heterocycles. The number of rotatable bonds is 3. The predicted molar refractivity (Wildman–Crippen MR) is 130 cm³/mol. The number of aliphatic hydroxyl groups is 1. The van der Waals surface area contributed by atoms with Crippen LogP contribution in [0.3, 0.4) is 0 Å². The van der Waals surface area contributed by atoms with Gasteiger partial charge in [0.25, 0.3) is 5.56 Å². The van der Waals surface area contributed by atoms with Gasteiger partial charge < -0.3 is 19.2 Å². The second-order valence-electron chi connectivity index (χ2n) is 9.41. The van der Waals surface area contributed by atoms with E-state index in [1.54, 1.807) is 23.8 Å². The number of esters is 1. The van der Waals surface area contributed by atoms with Crippen LogP contribution in [-0.4, -0.2) is 32.4 Å². The fourth-order valence-corrected chi connectivity index (χ4v) is 4.44. The number of halogens is 1. The zero-order valence-corrected chi connectivity index (χ0v) is 20.2. The number of fused-ring (bicyclic) bond motifs is 5. The van der Waals surface area contributed by atoms with E-state index < -0.39 is 17.2 Å². The number of aromatic nitrogens is 2. The van der Waals surface area contributed by atoms with Gasteiger partial charge in [0.15, 0.2) is 5.60 Å². The quantitative estimate of drug-likeness (QED) is 0.271. The van der Waals surface area contributed by atoms with Gasteiger partial charge >= 0.3 is 5.97 Å². The van der Waals surface area contributed by atoms with Crippen LogP contribution in [0.15, 0.2) is 40.3 Å². The number of oxime groups is 1. The normalized spacial score (nSPS) is 18.8. The summed E-state index contributed by atoms with van der Waals surface area (Å²) >= 11 is 0. The van der Waals surface area contributed by atoms with Crippen molar-refractivity contribution in [3.63, 3.8) is 0 Å². The Balaban J connectivity index is 0.00000274. The molecule has 0 saturated carbocycles. The maximum Gasteiger partial charge on any atom is 0.343 e. The van der Waals surface area contributed by atoms with E-state index in [2.05, 4.69) is 5.16 Å². The summed E-state index contributed by atoms with van der Waals surface area (Å²) < 4.78 is 6.76. The Kier molecular flexibility index (Phi) is 5.78. The SMILES string of the molecule is CCC1(O)C(=O)OCc2c1cc1n(c2=O)Cc2c-1nc1ccccc1c2C=NOC(C)(C)C.Cl. The molecule has 0 radical (unpaired) electrons. The highest BCUT2D eigenvalue weighted by atomic mass is 35.5. The number of para-hydroxylation sites is 1. The topological polar surface area (TPSA) is 103 Å². The number of cyclic esters (lactones) is 1. The maximum absolute atomic E-state index is 13.4. The molecule has 0 bridgehead atoms. The number of carbonyl (C=O) groups is 1. The summed E-state index contributed by atoms with van der Waals surface area (Å²) in [4.78, 5) is 36.2. The Morgan fingerprint density at radius 1 is 1.26 bits per heavy atom. The molecule has 2 aliphatic rings. The Hall–Kier alpha value is -3.23. The zero-order chi connectivity index (χ0) is 23.5. The van der Waals surface area contributed by atoms with Gasteiger partial charge in [0.1, 0.15) is 12.2 Å². The van der Waals surface area contributed by atoms with Crippen molar-refractivity contribution in [1.82, 2.24) is 9.55 Å². The molecule has 1 N–H and O–H groups in total. The average molecular weight is 484 g/mol. The summed E-state index contributed by atoms with van der Waals surface area (Å²) in [5.41, 5.74) is 1.59. The third-order valence-electron chi connectivity index (χ3n) is 6.15. The van der Waals surface area contributed by atoms with Gasteiger partial charge in [0.2, 0.25) is 0 Å². The molecule has 0 aliphatic carbocycles. The first kappa shape index (κ1) is 23.9. The number of hydrogen-bond donors (Lipinski definition) is 1. The van der Waals surface area contributed by atoms with Gasteiger partial charge in [0.05, 0.1) is 35.2 Å². The number of pyridine rings is 2.